The second-order valence-electron chi connectivity index (χ2n) is 4.46. The number of nitrogens with zero attached hydrogens (tertiary/aromatic N) is 1. The van der Waals surface area contributed by atoms with Crippen LogP contribution >= 0.6 is 0 Å². The monoisotopic (exact) mass is 249 g/mol. The number of amides is 2. The number of nitrogens with two attached hydrogens (primary N) is 1. The van der Waals surface area contributed by atoms with Gasteiger partial charge in [0.25, 0.3) is 0 Å². The van der Waals surface area contributed by atoms with Gasteiger partial charge in [0.15, 0.2) is 0 Å². The molecule has 1 aromatic rings. The van der Waals surface area contributed by atoms with Gasteiger partial charge in [0.1, 0.15) is 0 Å². The van der Waals surface area contributed by atoms with Crippen LogP contribution in [-0.2, 0) is 11.3 Å². The minimum atomic E-state index is -0.111. The van der Waals surface area contributed by atoms with Crippen molar-refractivity contribution in [3.63, 3.8) is 0 Å². The summed E-state index contributed by atoms with van der Waals surface area (Å²) >= 11 is 0. The highest BCUT2D eigenvalue weighted by molar-refractivity contribution is 5.89. The van der Waals surface area contributed by atoms with E-state index in [2.05, 4.69) is 5.32 Å². The van der Waals surface area contributed by atoms with Crippen molar-refractivity contribution in [3.8, 4) is 0 Å². The van der Waals surface area contributed by atoms with Crippen LogP contribution in [0.4, 0.5) is 10.5 Å². The van der Waals surface area contributed by atoms with Crippen molar-refractivity contribution < 1.29 is 9.53 Å². The molecule has 0 bridgehead atoms. The predicted molar refractivity (Wildman–Crippen MR) is 70.3 cm³/mol. The van der Waals surface area contributed by atoms with Gasteiger partial charge in [-0.15, -0.1) is 0 Å². The molecule has 0 aliphatic carbocycles. The van der Waals surface area contributed by atoms with E-state index in [1.54, 1.807) is 11.9 Å². The highest BCUT2D eigenvalue weighted by Crippen LogP contribution is 2.14. The number of rotatable bonds is 3. The summed E-state index contributed by atoms with van der Waals surface area (Å²) in [7, 11) is 1.79. The Kier molecular flexibility index (Phi) is 4.17. The number of urea groups is 1. The Bertz CT molecular complexity index is 416. The van der Waals surface area contributed by atoms with Crippen LogP contribution in [0.3, 0.4) is 0 Å². The Morgan fingerprint density at radius 3 is 3.11 bits per heavy atom. The third kappa shape index (κ3) is 3.00. The first kappa shape index (κ1) is 12.9. The highest BCUT2D eigenvalue weighted by atomic mass is 16.5. The maximum Gasteiger partial charge on any atom is 0.321 e. The Balaban J connectivity index is 1.97. The van der Waals surface area contributed by atoms with Crippen molar-refractivity contribution in [2.24, 2.45) is 5.73 Å². The molecular weight excluding hydrogens is 230 g/mol. The zero-order valence-corrected chi connectivity index (χ0v) is 10.6. The zero-order valence-electron chi connectivity index (χ0n) is 10.6. The molecule has 0 radical (unpaired) electrons. The first-order valence-corrected chi connectivity index (χ1v) is 6.11. The molecular formula is C13H19N3O2. The van der Waals surface area contributed by atoms with Crippen LogP contribution in [0, 0.1) is 0 Å². The molecule has 0 spiro atoms. The molecule has 2 amide bonds. The lowest BCUT2D eigenvalue weighted by molar-refractivity contribution is 0.164. The summed E-state index contributed by atoms with van der Waals surface area (Å²) in [4.78, 5) is 13.7. The van der Waals surface area contributed by atoms with Gasteiger partial charge in [0.2, 0.25) is 0 Å². The fourth-order valence-electron chi connectivity index (χ4n) is 1.98. The third-order valence-corrected chi connectivity index (χ3v) is 3.19. The van der Waals surface area contributed by atoms with E-state index in [0.717, 1.165) is 24.3 Å². The standard InChI is InChI=1S/C13H19N3O2/c1-16(12-5-6-18-9-12)13(17)15-11-4-2-3-10(7-11)8-14/h2-4,7,12H,5-6,8-9,14H2,1H3,(H,15,17). The van der Waals surface area contributed by atoms with Gasteiger partial charge >= 0.3 is 6.03 Å². The summed E-state index contributed by atoms with van der Waals surface area (Å²) in [5, 5.41) is 2.87. The molecule has 1 heterocycles. The zero-order chi connectivity index (χ0) is 13.0. The van der Waals surface area contributed by atoms with Crippen LogP contribution < -0.4 is 11.1 Å². The largest absolute Gasteiger partial charge is 0.379 e. The van der Waals surface area contributed by atoms with Crippen molar-refractivity contribution in [2.75, 3.05) is 25.6 Å². The Morgan fingerprint density at radius 1 is 1.61 bits per heavy atom. The Labute approximate surface area is 107 Å². The molecule has 5 nitrogen and oxygen atoms in total. The van der Waals surface area contributed by atoms with Crippen molar-refractivity contribution >= 4 is 11.7 Å². The molecule has 2 rings (SSSR count). The van der Waals surface area contributed by atoms with E-state index in [0.29, 0.717) is 13.2 Å². The van der Waals surface area contributed by atoms with Gasteiger partial charge in [-0.05, 0) is 24.1 Å². The molecule has 1 unspecified atom stereocenters. The van der Waals surface area contributed by atoms with E-state index in [4.69, 9.17) is 10.5 Å². The summed E-state index contributed by atoms with van der Waals surface area (Å²) in [6.07, 6.45) is 0.896. The van der Waals surface area contributed by atoms with Gasteiger partial charge in [0.05, 0.1) is 12.6 Å². The predicted octanol–water partition coefficient (Wildman–Crippen LogP) is 1.40. The number of nitrogens with one attached hydrogen (secondary N) is 1. The van der Waals surface area contributed by atoms with Crippen LogP contribution in [0.15, 0.2) is 24.3 Å². The summed E-state index contributed by atoms with van der Waals surface area (Å²) < 4.78 is 5.28. The van der Waals surface area contributed by atoms with E-state index < -0.39 is 0 Å². The molecule has 1 saturated heterocycles. The molecule has 1 atom stereocenters. The van der Waals surface area contributed by atoms with Gasteiger partial charge in [0, 0.05) is 25.9 Å². The molecule has 1 aliphatic rings. The average Bonchev–Trinajstić information content (AvgIpc) is 2.92. The molecule has 98 valence electrons. The number of hydrogen-bond acceptors (Lipinski definition) is 3. The molecule has 1 aliphatic heterocycles. The van der Waals surface area contributed by atoms with E-state index in [1.165, 1.54) is 0 Å². The minimum absolute atomic E-state index is 0.111. The van der Waals surface area contributed by atoms with Crippen molar-refractivity contribution in [1.29, 1.82) is 0 Å². The second kappa shape index (κ2) is 5.84. The van der Waals surface area contributed by atoms with Gasteiger partial charge in [-0.1, -0.05) is 12.1 Å². The van der Waals surface area contributed by atoms with Crippen LogP contribution in [0.2, 0.25) is 0 Å². The smallest absolute Gasteiger partial charge is 0.321 e. The van der Waals surface area contributed by atoms with Crippen molar-refractivity contribution in [2.45, 2.75) is 19.0 Å². The molecule has 0 saturated carbocycles. The van der Waals surface area contributed by atoms with Gasteiger partial charge in [-0.25, -0.2) is 4.79 Å². The second-order valence-corrected chi connectivity index (χ2v) is 4.46. The van der Waals surface area contributed by atoms with E-state index >= 15 is 0 Å². The number of hydrogen-bond donors (Lipinski definition) is 2. The lowest BCUT2D eigenvalue weighted by atomic mass is 10.2. The topological polar surface area (TPSA) is 67.6 Å². The van der Waals surface area contributed by atoms with Crippen molar-refractivity contribution in [3.05, 3.63) is 29.8 Å². The fraction of sp³-hybridized carbons (Fsp3) is 0.462. The van der Waals surface area contributed by atoms with E-state index in [9.17, 15) is 4.79 Å². The number of carbonyl (C=O) groups excluding carboxylic acids is 1. The minimum Gasteiger partial charge on any atom is -0.379 e. The lowest BCUT2D eigenvalue weighted by Crippen LogP contribution is -2.40. The van der Waals surface area contributed by atoms with Gasteiger partial charge < -0.3 is 20.7 Å². The lowest BCUT2D eigenvalue weighted by Gasteiger charge is -2.23. The first-order valence-electron chi connectivity index (χ1n) is 6.11. The fourth-order valence-corrected chi connectivity index (χ4v) is 1.98. The quantitative estimate of drug-likeness (QED) is 0.850. The van der Waals surface area contributed by atoms with Crippen LogP contribution in [0.1, 0.15) is 12.0 Å². The molecule has 0 aromatic heterocycles. The number of carbonyl (C=O) groups is 1. The van der Waals surface area contributed by atoms with E-state index in [-0.39, 0.29) is 12.1 Å². The van der Waals surface area contributed by atoms with Crippen LogP contribution in [0.5, 0.6) is 0 Å². The number of likely N-dealkylation sites (N-methyl/N-ethyl adjacent to an activating group) is 1. The molecule has 1 aromatic carbocycles. The Morgan fingerprint density at radius 2 is 2.44 bits per heavy atom. The molecule has 5 heteroatoms. The average molecular weight is 249 g/mol. The van der Waals surface area contributed by atoms with Crippen LogP contribution in [0.25, 0.3) is 0 Å². The third-order valence-electron chi connectivity index (χ3n) is 3.19. The molecule has 18 heavy (non-hydrogen) atoms. The van der Waals surface area contributed by atoms with Crippen molar-refractivity contribution in [1.82, 2.24) is 4.90 Å². The normalized spacial score (nSPS) is 18.7. The summed E-state index contributed by atoms with van der Waals surface area (Å²) in [5.74, 6) is 0. The van der Waals surface area contributed by atoms with Gasteiger partial charge in [-0.2, -0.15) is 0 Å². The maximum absolute atomic E-state index is 12.0. The van der Waals surface area contributed by atoms with E-state index in [1.807, 2.05) is 24.3 Å². The number of benzene rings is 1. The molecule has 1 fully saturated rings. The number of anilines is 1. The summed E-state index contributed by atoms with van der Waals surface area (Å²) in [6.45, 7) is 1.81. The van der Waals surface area contributed by atoms with Crippen LogP contribution in [-0.4, -0.2) is 37.2 Å². The summed E-state index contributed by atoms with van der Waals surface area (Å²) in [5.41, 5.74) is 7.34. The first-order chi connectivity index (χ1) is 8.70. The van der Waals surface area contributed by atoms with Gasteiger partial charge in [-0.3, -0.25) is 0 Å². The Hall–Kier alpha value is -1.59. The molecule has 3 N–H and O–H groups in total. The SMILES string of the molecule is CN(C(=O)Nc1cccc(CN)c1)C1CCOC1. The maximum atomic E-state index is 12.0. The number of ether oxygens (including phenoxy) is 1. The highest BCUT2D eigenvalue weighted by Gasteiger charge is 2.23. The summed E-state index contributed by atoms with van der Waals surface area (Å²) in [6, 6.07) is 7.62.